The summed E-state index contributed by atoms with van der Waals surface area (Å²) in [7, 11) is 1.54. The number of carbonyl (C=O) groups is 1. The quantitative estimate of drug-likeness (QED) is 0.274. The second-order valence-electron chi connectivity index (χ2n) is 10.2. The normalized spacial score (nSPS) is 15.1. The van der Waals surface area contributed by atoms with Crippen molar-refractivity contribution in [3.05, 3.63) is 67.5 Å². The van der Waals surface area contributed by atoms with Gasteiger partial charge in [0.2, 0.25) is 0 Å². The van der Waals surface area contributed by atoms with Gasteiger partial charge < -0.3 is 14.8 Å². The third-order valence-electron chi connectivity index (χ3n) is 6.66. The van der Waals surface area contributed by atoms with Crippen LogP contribution in [0.15, 0.2) is 45.9 Å². The van der Waals surface area contributed by atoms with Crippen LogP contribution in [0.5, 0.6) is 11.5 Å². The number of anilines is 1. The minimum absolute atomic E-state index is 0.195. The van der Waals surface area contributed by atoms with Gasteiger partial charge in [-0.1, -0.05) is 32.4 Å². The molecule has 1 atom stereocenters. The summed E-state index contributed by atoms with van der Waals surface area (Å²) >= 11 is 11.0. The van der Waals surface area contributed by atoms with E-state index in [1.165, 1.54) is 4.88 Å². The van der Waals surface area contributed by atoms with Crippen molar-refractivity contribution in [2.45, 2.75) is 40.0 Å². The number of hydrogen-bond acceptors (Lipinski definition) is 6. The molecule has 6 nitrogen and oxygen atoms in total. The zero-order chi connectivity index (χ0) is 27.4. The van der Waals surface area contributed by atoms with Gasteiger partial charge in [-0.15, -0.1) is 11.3 Å². The Morgan fingerprint density at radius 2 is 2.08 bits per heavy atom. The van der Waals surface area contributed by atoms with Crippen LogP contribution in [0.1, 0.15) is 48.8 Å². The number of hydrogen-bond donors (Lipinski definition) is 1. The maximum atomic E-state index is 12.3. The van der Waals surface area contributed by atoms with E-state index >= 15 is 0 Å². The fourth-order valence-corrected chi connectivity index (χ4v) is 6.10. The van der Waals surface area contributed by atoms with E-state index in [9.17, 15) is 10.1 Å². The fraction of sp³-hybridized carbons (Fsp3) is 0.345. The van der Waals surface area contributed by atoms with Crippen LogP contribution >= 0.6 is 38.9 Å². The molecule has 198 valence electrons. The Labute approximate surface area is 240 Å². The molecule has 0 unspecified atom stereocenters. The summed E-state index contributed by atoms with van der Waals surface area (Å²) in [6, 6.07) is 12.9. The summed E-state index contributed by atoms with van der Waals surface area (Å²) in [6.45, 7) is 6.66. The van der Waals surface area contributed by atoms with Gasteiger partial charge >= 0.3 is 0 Å². The molecule has 0 fully saturated rings. The average molecular weight is 615 g/mol. The Hall–Kier alpha value is -2.86. The highest BCUT2D eigenvalue weighted by Gasteiger charge is 2.32. The molecule has 1 aromatic heterocycles. The number of nitrogens with zero attached hydrogens (tertiary/aromatic N) is 2. The van der Waals surface area contributed by atoms with Gasteiger partial charge in [0.15, 0.2) is 18.1 Å². The van der Waals surface area contributed by atoms with Gasteiger partial charge in [-0.25, -0.2) is 4.99 Å². The summed E-state index contributed by atoms with van der Waals surface area (Å²) in [5.41, 5.74) is 3.47. The number of rotatable bonds is 7. The molecule has 0 saturated heterocycles. The van der Waals surface area contributed by atoms with E-state index in [1.54, 1.807) is 55.0 Å². The van der Waals surface area contributed by atoms with Crippen LogP contribution in [0, 0.1) is 22.7 Å². The second kappa shape index (κ2) is 11.9. The Bertz CT molecular complexity index is 1420. The molecular weight excluding hydrogens is 586 g/mol. The smallest absolute Gasteiger partial charge is 0.262 e. The average Bonchev–Trinajstić information content (AvgIpc) is 3.24. The number of thiophene rings is 1. The molecule has 0 aliphatic heterocycles. The number of nitriles is 1. The van der Waals surface area contributed by atoms with Crippen LogP contribution in [0.25, 0.3) is 0 Å². The van der Waals surface area contributed by atoms with Crippen molar-refractivity contribution in [1.82, 2.24) is 0 Å². The van der Waals surface area contributed by atoms with Crippen molar-refractivity contribution in [1.29, 1.82) is 5.26 Å². The second-order valence-corrected chi connectivity index (χ2v) is 12.6. The van der Waals surface area contributed by atoms with Crippen LogP contribution in [0.3, 0.4) is 0 Å². The molecule has 9 heteroatoms. The summed E-state index contributed by atoms with van der Waals surface area (Å²) in [5, 5.41) is 13.8. The third kappa shape index (κ3) is 6.58. The molecule has 1 N–H and O–H groups in total. The van der Waals surface area contributed by atoms with Crippen LogP contribution in [0.2, 0.25) is 5.02 Å². The number of ether oxygens (including phenoxy) is 2. The maximum Gasteiger partial charge on any atom is 0.262 e. The third-order valence-corrected chi connectivity index (χ3v) is 9.06. The molecule has 4 rings (SSSR count). The highest BCUT2D eigenvalue weighted by atomic mass is 79.9. The van der Waals surface area contributed by atoms with Gasteiger partial charge in [0, 0.05) is 21.3 Å². The van der Waals surface area contributed by atoms with Gasteiger partial charge in [0.05, 0.1) is 17.7 Å². The molecule has 0 radical (unpaired) electrons. The molecule has 1 aliphatic carbocycles. The van der Waals surface area contributed by atoms with Crippen molar-refractivity contribution in [3.63, 3.8) is 0 Å². The molecule has 2 aromatic carbocycles. The van der Waals surface area contributed by atoms with E-state index in [4.69, 9.17) is 21.1 Å². The summed E-state index contributed by atoms with van der Waals surface area (Å²) in [6.07, 6.45) is 4.75. The molecule has 1 aliphatic rings. The Balaban J connectivity index is 1.44. The lowest BCUT2D eigenvalue weighted by atomic mass is 9.72. The zero-order valence-corrected chi connectivity index (χ0v) is 24.9. The van der Waals surface area contributed by atoms with Gasteiger partial charge in [0.1, 0.15) is 11.1 Å². The van der Waals surface area contributed by atoms with E-state index in [2.05, 4.69) is 53.1 Å². The van der Waals surface area contributed by atoms with Crippen molar-refractivity contribution >= 4 is 61.7 Å². The largest absolute Gasteiger partial charge is 0.493 e. The first-order chi connectivity index (χ1) is 18.1. The number of benzene rings is 2. The molecule has 1 heterocycles. The van der Waals surface area contributed by atoms with Crippen molar-refractivity contribution in [2.24, 2.45) is 16.3 Å². The lowest BCUT2D eigenvalue weighted by Crippen LogP contribution is -2.26. The first kappa shape index (κ1) is 28.2. The number of nitrogens with one attached hydrogen (secondary N) is 1. The minimum atomic E-state index is -0.324. The molecule has 3 aromatic rings. The minimum Gasteiger partial charge on any atom is -0.493 e. The van der Waals surface area contributed by atoms with E-state index < -0.39 is 0 Å². The van der Waals surface area contributed by atoms with Gasteiger partial charge in [0.25, 0.3) is 5.91 Å². The van der Waals surface area contributed by atoms with Crippen LogP contribution in [-0.4, -0.2) is 25.8 Å². The predicted octanol–water partition coefficient (Wildman–Crippen LogP) is 7.96. The van der Waals surface area contributed by atoms with Gasteiger partial charge in [-0.2, -0.15) is 5.26 Å². The van der Waals surface area contributed by atoms with Gasteiger partial charge in [-0.3, -0.25) is 4.79 Å². The SMILES string of the molecule is COc1cc(C=Nc2sc3c(c2C#N)CC[C@@H](C(C)(C)C)C3)ccc1OCC(=O)Nc1ccc(Br)c(Cl)c1. The maximum absolute atomic E-state index is 12.3. The molecule has 1 amide bonds. The summed E-state index contributed by atoms with van der Waals surface area (Å²) in [4.78, 5) is 18.3. The number of methoxy groups -OCH3 is 1. The number of carbonyl (C=O) groups excluding carboxylic acids is 1. The Kier molecular flexibility index (Phi) is 8.81. The molecule has 0 bridgehead atoms. The van der Waals surface area contributed by atoms with Crippen molar-refractivity contribution in [3.8, 4) is 17.6 Å². The monoisotopic (exact) mass is 613 g/mol. The number of fused-ring (bicyclic) bond motifs is 1. The first-order valence-corrected chi connectivity index (χ1v) is 14.2. The Morgan fingerprint density at radius 1 is 1.29 bits per heavy atom. The van der Waals surface area contributed by atoms with Gasteiger partial charge in [-0.05, 0) is 94.1 Å². The number of halogens is 2. The molecule has 0 saturated carbocycles. The lowest BCUT2D eigenvalue weighted by Gasteiger charge is -2.33. The summed E-state index contributed by atoms with van der Waals surface area (Å²) in [5.74, 6) is 1.19. The molecular formula is C29H29BrClN3O3S. The highest BCUT2D eigenvalue weighted by Crippen LogP contribution is 2.45. The Morgan fingerprint density at radius 3 is 2.76 bits per heavy atom. The van der Waals surface area contributed by atoms with E-state index in [0.717, 1.165) is 39.9 Å². The number of aliphatic imine (C=N–C) groups is 1. The molecule has 38 heavy (non-hydrogen) atoms. The fourth-order valence-electron chi connectivity index (χ4n) is 4.45. The van der Waals surface area contributed by atoms with Crippen molar-refractivity contribution < 1.29 is 14.3 Å². The van der Waals surface area contributed by atoms with Crippen LogP contribution < -0.4 is 14.8 Å². The summed E-state index contributed by atoms with van der Waals surface area (Å²) < 4.78 is 11.9. The predicted molar refractivity (Wildman–Crippen MR) is 158 cm³/mol. The highest BCUT2D eigenvalue weighted by molar-refractivity contribution is 9.10. The topological polar surface area (TPSA) is 83.7 Å². The lowest BCUT2D eigenvalue weighted by molar-refractivity contribution is -0.118. The van der Waals surface area contributed by atoms with E-state index in [0.29, 0.717) is 33.7 Å². The van der Waals surface area contributed by atoms with Crippen molar-refractivity contribution in [2.75, 3.05) is 19.0 Å². The molecule has 0 spiro atoms. The standard InChI is InChI=1S/C29H29BrClN3O3S/c1-29(2,3)18-6-8-20-21(14-32)28(38-26(20)12-18)33-15-17-5-10-24(25(11-17)36-4)37-16-27(35)34-19-7-9-22(30)23(31)13-19/h5,7,9-11,13,15,18H,6,8,12,16H2,1-4H3,(H,34,35)/t18-/m1/s1. The van der Waals surface area contributed by atoms with E-state index in [-0.39, 0.29) is 17.9 Å². The van der Waals surface area contributed by atoms with E-state index in [1.807, 2.05) is 6.07 Å². The zero-order valence-electron chi connectivity index (χ0n) is 21.7. The van der Waals surface area contributed by atoms with Crippen LogP contribution in [-0.2, 0) is 17.6 Å². The van der Waals surface area contributed by atoms with Crippen LogP contribution in [0.4, 0.5) is 10.7 Å². The number of amides is 1. The first-order valence-electron chi connectivity index (χ1n) is 12.2.